The van der Waals surface area contributed by atoms with Gasteiger partial charge in [0.25, 0.3) is 0 Å². The molecular formula is C28H33N5O4. The molecule has 9 heteroatoms. The Kier molecular flexibility index (Phi) is 6.62. The molecule has 3 amide bonds. The highest BCUT2D eigenvalue weighted by Crippen LogP contribution is 2.33. The summed E-state index contributed by atoms with van der Waals surface area (Å²) < 4.78 is 5.43. The molecule has 1 aliphatic heterocycles. The van der Waals surface area contributed by atoms with Crippen LogP contribution in [-0.4, -0.2) is 69.5 Å². The summed E-state index contributed by atoms with van der Waals surface area (Å²) in [5.41, 5.74) is 3.05. The average molecular weight is 504 g/mol. The molecule has 1 saturated carbocycles. The second-order valence-electron chi connectivity index (χ2n) is 10.8. The zero-order chi connectivity index (χ0) is 26.2. The molecule has 0 spiro atoms. The van der Waals surface area contributed by atoms with Crippen molar-refractivity contribution in [3.8, 4) is 11.1 Å². The molecule has 0 unspecified atom stereocenters. The number of rotatable bonds is 5. The van der Waals surface area contributed by atoms with Crippen molar-refractivity contribution in [1.29, 1.82) is 0 Å². The molecule has 0 bridgehead atoms. The van der Waals surface area contributed by atoms with Gasteiger partial charge in [-0.1, -0.05) is 24.3 Å². The predicted molar refractivity (Wildman–Crippen MR) is 141 cm³/mol. The minimum Gasteiger partial charge on any atom is -0.444 e. The van der Waals surface area contributed by atoms with Crippen molar-refractivity contribution in [2.75, 3.05) is 31.5 Å². The number of amides is 3. The number of H-pyrrole nitrogens is 1. The van der Waals surface area contributed by atoms with Crippen molar-refractivity contribution in [3.63, 3.8) is 0 Å². The van der Waals surface area contributed by atoms with Crippen LogP contribution in [0, 0.1) is 5.92 Å². The maximum atomic E-state index is 12.9. The molecule has 1 aliphatic carbocycles. The third kappa shape index (κ3) is 5.93. The second kappa shape index (κ2) is 9.88. The minimum atomic E-state index is -0.536. The standard InChI is InChI=1S/C28H33N5O4/c1-28(2,3)37-27(36)33-14-12-32(13-15-33)24(34)16-18-4-6-19(7-5-18)22-17-23(31-26(35)20-8-9-20)30-25-21(22)10-11-29-25/h4-7,10-11,17,20H,8-9,12-16H2,1-3H3,(H2,29,30,31,35). The molecule has 3 heterocycles. The number of pyridine rings is 1. The van der Waals surface area contributed by atoms with Gasteiger partial charge in [-0.25, -0.2) is 9.78 Å². The summed E-state index contributed by atoms with van der Waals surface area (Å²) in [6.07, 6.45) is 3.67. The van der Waals surface area contributed by atoms with Gasteiger partial charge in [-0.15, -0.1) is 0 Å². The number of piperazine rings is 1. The largest absolute Gasteiger partial charge is 0.444 e. The Hall–Kier alpha value is -3.88. The summed E-state index contributed by atoms with van der Waals surface area (Å²) in [7, 11) is 0. The number of aromatic amines is 1. The lowest BCUT2D eigenvalue weighted by Crippen LogP contribution is -2.51. The number of carbonyl (C=O) groups is 3. The number of nitrogens with one attached hydrogen (secondary N) is 2. The van der Waals surface area contributed by atoms with E-state index in [4.69, 9.17) is 4.74 Å². The Morgan fingerprint density at radius 2 is 1.70 bits per heavy atom. The molecule has 2 N–H and O–H groups in total. The van der Waals surface area contributed by atoms with E-state index in [1.165, 1.54) is 0 Å². The van der Waals surface area contributed by atoms with Crippen molar-refractivity contribution in [3.05, 3.63) is 48.2 Å². The van der Waals surface area contributed by atoms with Crippen LogP contribution in [0.4, 0.5) is 10.6 Å². The van der Waals surface area contributed by atoms with Crippen LogP contribution in [0.5, 0.6) is 0 Å². The summed E-state index contributed by atoms with van der Waals surface area (Å²) in [4.78, 5) is 48.6. The summed E-state index contributed by atoms with van der Waals surface area (Å²) in [5, 5.41) is 3.91. The first-order valence-electron chi connectivity index (χ1n) is 12.8. The van der Waals surface area contributed by atoms with E-state index in [1.807, 2.05) is 63.4 Å². The van der Waals surface area contributed by atoms with Crippen LogP contribution >= 0.6 is 0 Å². The molecule has 2 aliphatic rings. The normalized spacial score (nSPS) is 16.1. The first-order valence-corrected chi connectivity index (χ1v) is 12.8. The molecule has 194 valence electrons. The van der Waals surface area contributed by atoms with E-state index < -0.39 is 5.60 Å². The topological polar surface area (TPSA) is 108 Å². The van der Waals surface area contributed by atoms with Crippen LogP contribution in [-0.2, 0) is 20.7 Å². The average Bonchev–Trinajstić information content (AvgIpc) is 3.61. The molecule has 1 aromatic carbocycles. The maximum Gasteiger partial charge on any atom is 0.410 e. The maximum absolute atomic E-state index is 12.9. The molecule has 0 atom stereocenters. The molecule has 9 nitrogen and oxygen atoms in total. The van der Waals surface area contributed by atoms with Gasteiger partial charge in [0.1, 0.15) is 17.1 Å². The lowest BCUT2D eigenvalue weighted by molar-refractivity contribution is -0.132. The zero-order valence-corrected chi connectivity index (χ0v) is 21.5. The van der Waals surface area contributed by atoms with Crippen LogP contribution < -0.4 is 5.32 Å². The van der Waals surface area contributed by atoms with Gasteiger partial charge in [-0.05, 0) is 62.4 Å². The summed E-state index contributed by atoms with van der Waals surface area (Å²) in [6.45, 7) is 7.45. The van der Waals surface area contributed by atoms with Gasteiger partial charge in [0.2, 0.25) is 11.8 Å². The highest BCUT2D eigenvalue weighted by molar-refractivity contribution is 5.99. The zero-order valence-electron chi connectivity index (χ0n) is 21.5. The predicted octanol–water partition coefficient (Wildman–Crippen LogP) is 4.20. The quantitative estimate of drug-likeness (QED) is 0.543. The van der Waals surface area contributed by atoms with Crippen LogP contribution in [0.25, 0.3) is 22.2 Å². The number of benzene rings is 1. The number of hydrogen-bond acceptors (Lipinski definition) is 5. The monoisotopic (exact) mass is 503 g/mol. The van der Waals surface area contributed by atoms with Gasteiger partial charge < -0.3 is 24.8 Å². The number of anilines is 1. The molecule has 0 radical (unpaired) electrons. The summed E-state index contributed by atoms with van der Waals surface area (Å²) in [5.74, 6) is 0.692. The molecule has 1 saturated heterocycles. The third-order valence-corrected chi connectivity index (χ3v) is 6.63. The Balaban J connectivity index is 1.22. The Morgan fingerprint density at radius 3 is 2.35 bits per heavy atom. The van der Waals surface area contributed by atoms with Crippen molar-refractivity contribution < 1.29 is 19.1 Å². The van der Waals surface area contributed by atoms with Crippen molar-refractivity contribution in [2.45, 2.75) is 45.6 Å². The fourth-order valence-corrected chi connectivity index (χ4v) is 4.47. The second-order valence-corrected chi connectivity index (χ2v) is 10.8. The van der Waals surface area contributed by atoms with Gasteiger partial charge in [0, 0.05) is 43.7 Å². The SMILES string of the molecule is CC(C)(C)OC(=O)N1CCN(C(=O)Cc2ccc(-c3cc(NC(=O)C4CC4)nc4[nH]ccc34)cc2)CC1. The lowest BCUT2D eigenvalue weighted by atomic mass is 10.0. The highest BCUT2D eigenvalue weighted by Gasteiger charge is 2.30. The highest BCUT2D eigenvalue weighted by atomic mass is 16.6. The van der Waals surface area contributed by atoms with Crippen LogP contribution in [0.2, 0.25) is 0 Å². The molecule has 37 heavy (non-hydrogen) atoms. The number of fused-ring (bicyclic) bond motifs is 1. The molecule has 3 aromatic rings. The van der Waals surface area contributed by atoms with Crippen molar-refractivity contribution >= 4 is 34.8 Å². The molecule has 2 aromatic heterocycles. The molecule has 2 fully saturated rings. The summed E-state index contributed by atoms with van der Waals surface area (Å²) >= 11 is 0. The Morgan fingerprint density at radius 1 is 1.03 bits per heavy atom. The van der Waals surface area contributed by atoms with Crippen molar-refractivity contribution in [1.82, 2.24) is 19.8 Å². The van der Waals surface area contributed by atoms with Gasteiger partial charge in [0.15, 0.2) is 0 Å². The Bertz CT molecular complexity index is 1310. The van der Waals surface area contributed by atoms with E-state index in [1.54, 1.807) is 9.80 Å². The number of ether oxygens (including phenoxy) is 1. The van der Waals surface area contributed by atoms with Gasteiger partial charge in [0.05, 0.1) is 6.42 Å². The van der Waals surface area contributed by atoms with Gasteiger partial charge in [-0.2, -0.15) is 0 Å². The number of aromatic nitrogens is 2. The fourth-order valence-electron chi connectivity index (χ4n) is 4.47. The first-order chi connectivity index (χ1) is 17.7. The number of carbonyl (C=O) groups excluding carboxylic acids is 3. The number of hydrogen-bond donors (Lipinski definition) is 2. The van der Waals surface area contributed by atoms with Crippen LogP contribution in [0.3, 0.4) is 0 Å². The van der Waals surface area contributed by atoms with Crippen LogP contribution in [0.15, 0.2) is 42.6 Å². The molecular weight excluding hydrogens is 470 g/mol. The van der Waals surface area contributed by atoms with E-state index in [2.05, 4.69) is 15.3 Å². The van der Waals surface area contributed by atoms with E-state index in [0.29, 0.717) is 44.1 Å². The van der Waals surface area contributed by atoms with E-state index in [9.17, 15) is 14.4 Å². The van der Waals surface area contributed by atoms with Gasteiger partial charge in [-0.3, -0.25) is 9.59 Å². The van der Waals surface area contributed by atoms with E-state index in [0.717, 1.165) is 34.9 Å². The van der Waals surface area contributed by atoms with E-state index >= 15 is 0 Å². The van der Waals surface area contributed by atoms with Gasteiger partial charge >= 0.3 is 6.09 Å². The van der Waals surface area contributed by atoms with E-state index in [-0.39, 0.29) is 23.8 Å². The molecule has 5 rings (SSSR count). The minimum absolute atomic E-state index is 0.0187. The Labute approximate surface area is 216 Å². The van der Waals surface area contributed by atoms with Crippen LogP contribution in [0.1, 0.15) is 39.2 Å². The lowest BCUT2D eigenvalue weighted by Gasteiger charge is -2.35. The van der Waals surface area contributed by atoms with Crippen molar-refractivity contribution in [2.24, 2.45) is 5.92 Å². The first kappa shape index (κ1) is 24.8. The number of nitrogens with zero attached hydrogens (tertiary/aromatic N) is 3. The third-order valence-electron chi connectivity index (χ3n) is 6.63. The fraction of sp³-hybridized carbons (Fsp3) is 0.429. The smallest absolute Gasteiger partial charge is 0.410 e. The summed E-state index contributed by atoms with van der Waals surface area (Å²) in [6, 6.07) is 11.8.